The van der Waals surface area contributed by atoms with Crippen LogP contribution < -0.4 is 15.4 Å². The molecule has 1 fully saturated rings. The summed E-state index contributed by atoms with van der Waals surface area (Å²) >= 11 is 0. The number of methoxy groups -OCH3 is 1. The van der Waals surface area contributed by atoms with Crippen molar-refractivity contribution in [1.29, 1.82) is 0 Å². The van der Waals surface area contributed by atoms with Gasteiger partial charge in [0, 0.05) is 31.1 Å². The third-order valence-corrected chi connectivity index (χ3v) is 7.37. The highest BCUT2D eigenvalue weighted by Gasteiger charge is 2.28. The topological polar surface area (TPSA) is 70.7 Å². The minimum Gasteiger partial charge on any atom is -0.497 e. The fourth-order valence-electron chi connectivity index (χ4n) is 4.83. The van der Waals surface area contributed by atoms with Crippen molar-refractivity contribution in [3.8, 4) is 5.75 Å². The van der Waals surface area contributed by atoms with Crippen LogP contribution in [0.15, 0.2) is 72.8 Å². The number of rotatable bonds is 10. The van der Waals surface area contributed by atoms with Gasteiger partial charge in [0.15, 0.2) is 0 Å². The summed E-state index contributed by atoms with van der Waals surface area (Å²) in [7, 11) is 1.62. The molecule has 1 saturated heterocycles. The Morgan fingerprint density at radius 2 is 1.42 bits per heavy atom. The van der Waals surface area contributed by atoms with Gasteiger partial charge in [0.2, 0.25) is 5.91 Å². The average molecular weight is 518 g/mol. The lowest BCUT2D eigenvalue weighted by Crippen LogP contribution is -2.40. The van der Waals surface area contributed by atoms with Crippen molar-refractivity contribution < 1.29 is 18.7 Å². The van der Waals surface area contributed by atoms with Crippen LogP contribution in [0.25, 0.3) is 0 Å². The van der Waals surface area contributed by atoms with Crippen molar-refractivity contribution in [1.82, 2.24) is 15.5 Å². The molecule has 38 heavy (non-hydrogen) atoms. The molecule has 1 aliphatic rings. The summed E-state index contributed by atoms with van der Waals surface area (Å²) in [6.07, 6.45) is 1.94. The molecule has 3 aromatic rings. The van der Waals surface area contributed by atoms with Gasteiger partial charge in [-0.1, -0.05) is 43.3 Å². The van der Waals surface area contributed by atoms with Gasteiger partial charge in [-0.3, -0.25) is 14.5 Å². The fourth-order valence-corrected chi connectivity index (χ4v) is 4.83. The van der Waals surface area contributed by atoms with Gasteiger partial charge < -0.3 is 15.4 Å². The second-order valence-corrected chi connectivity index (χ2v) is 9.97. The van der Waals surface area contributed by atoms with E-state index in [9.17, 15) is 14.0 Å². The Hall–Kier alpha value is -3.71. The molecule has 4 rings (SSSR count). The van der Waals surface area contributed by atoms with Crippen molar-refractivity contribution in [3.05, 3.63) is 101 Å². The van der Waals surface area contributed by atoms with Crippen molar-refractivity contribution in [2.45, 2.75) is 39.4 Å². The van der Waals surface area contributed by atoms with Crippen LogP contribution >= 0.6 is 0 Å². The number of ether oxygens (including phenoxy) is 1. The SMILES string of the molecule is COc1ccc(CNC(=O)c2ccc(CNC(=O)C(C)C3CCN(Cc4ccc(F)cc4)CC3)cc2)cc1. The van der Waals surface area contributed by atoms with E-state index in [2.05, 4.69) is 15.5 Å². The average Bonchev–Trinajstić information content (AvgIpc) is 2.96. The number of carbonyl (C=O) groups is 2. The molecule has 1 atom stereocenters. The molecule has 0 radical (unpaired) electrons. The monoisotopic (exact) mass is 517 g/mol. The van der Waals surface area contributed by atoms with Crippen molar-refractivity contribution in [2.75, 3.05) is 20.2 Å². The minimum absolute atomic E-state index is 0.0586. The molecule has 0 aliphatic carbocycles. The summed E-state index contributed by atoms with van der Waals surface area (Å²) in [6.45, 7) is 5.54. The van der Waals surface area contributed by atoms with E-state index in [1.165, 1.54) is 12.1 Å². The van der Waals surface area contributed by atoms with Crippen LogP contribution in [-0.4, -0.2) is 36.9 Å². The second kappa shape index (κ2) is 13.2. The number of likely N-dealkylation sites (tertiary alicyclic amines) is 1. The summed E-state index contributed by atoms with van der Waals surface area (Å²) in [5.74, 6) is 0.761. The van der Waals surface area contributed by atoms with Crippen molar-refractivity contribution in [2.24, 2.45) is 11.8 Å². The molecule has 1 heterocycles. The minimum atomic E-state index is -0.213. The van der Waals surface area contributed by atoms with E-state index in [4.69, 9.17) is 4.74 Å². The predicted octanol–water partition coefficient (Wildman–Crippen LogP) is 4.93. The molecule has 2 N–H and O–H groups in total. The van der Waals surface area contributed by atoms with Crippen LogP contribution in [0.5, 0.6) is 5.75 Å². The van der Waals surface area contributed by atoms with Gasteiger partial charge in [0.05, 0.1) is 7.11 Å². The molecule has 7 heteroatoms. The van der Waals surface area contributed by atoms with E-state index in [1.807, 2.05) is 55.5 Å². The molecule has 0 aromatic heterocycles. The maximum Gasteiger partial charge on any atom is 0.251 e. The molecule has 3 aromatic carbocycles. The van der Waals surface area contributed by atoms with E-state index >= 15 is 0 Å². The standard InChI is InChI=1S/C31H36FN3O3/c1-22(26-15-17-35(18-16-26)21-25-5-11-28(32)12-6-25)30(36)33-19-23-3-9-27(10-4-23)31(37)34-20-24-7-13-29(38-2)14-8-24/h3-14,22,26H,15-21H2,1-2H3,(H,33,36)(H,34,37). The van der Waals surface area contributed by atoms with Crippen LogP contribution in [-0.2, 0) is 24.4 Å². The number of nitrogens with one attached hydrogen (secondary N) is 2. The van der Waals surface area contributed by atoms with Crippen molar-refractivity contribution >= 4 is 11.8 Å². The summed E-state index contributed by atoms with van der Waals surface area (Å²) in [4.78, 5) is 27.7. The highest BCUT2D eigenvalue weighted by molar-refractivity contribution is 5.94. The summed E-state index contributed by atoms with van der Waals surface area (Å²) in [5.41, 5.74) is 3.63. The number of benzene rings is 3. The Balaban J connectivity index is 1.18. The van der Waals surface area contributed by atoms with Gasteiger partial charge >= 0.3 is 0 Å². The lowest BCUT2D eigenvalue weighted by atomic mass is 9.84. The fraction of sp³-hybridized carbons (Fsp3) is 0.355. The molecule has 2 amide bonds. The maximum absolute atomic E-state index is 13.1. The van der Waals surface area contributed by atoms with E-state index < -0.39 is 0 Å². The van der Waals surface area contributed by atoms with Crippen LogP contribution in [0.2, 0.25) is 0 Å². The molecule has 0 saturated carbocycles. The van der Waals surface area contributed by atoms with Crippen molar-refractivity contribution in [3.63, 3.8) is 0 Å². The van der Waals surface area contributed by atoms with Crippen LogP contribution in [0.1, 0.15) is 46.8 Å². The first-order chi connectivity index (χ1) is 18.4. The quantitative estimate of drug-likeness (QED) is 0.400. The lowest BCUT2D eigenvalue weighted by Gasteiger charge is -2.34. The Labute approximate surface area is 224 Å². The molecule has 1 aliphatic heterocycles. The number of piperidine rings is 1. The summed E-state index contributed by atoms with van der Waals surface area (Å²) in [5, 5.41) is 5.98. The molecular formula is C31H36FN3O3. The lowest BCUT2D eigenvalue weighted by molar-refractivity contribution is -0.126. The van der Waals surface area contributed by atoms with Gasteiger partial charge in [-0.25, -0.2) is 4.39 Å². The molecular weight excluding hydrogens is 481 g/mol. The van der Waals surface area contributed by atoms with Gasteiger partial charge in [-0.15, -0.1) is 0 Å². The highest BCUT2D eigenvalue weighted by Crippen LogP contribution is 2.26. The smallest absolute Gasteiger partial charge is 0.251 e. The zero-order valence-corrected chi connectivity index (χ0v) is 22.1. The largest absolute Gasteiger partial charge is 0.497 e. The van der Waals surface area contributed by atoms with Crippen LogP contribution in [0.4, 0.5) is 4.39 Å². The van der Waals surface area contributed by atoms with Crippen LogP contribution in [0, 0.1) is 17.7 Å². The Kier molecular flexibility index (Phi) is 9.49. The van der Waals surface area contributed by atoms with E-state index in [1.54, 1.807) is 19.2 Å². The maximum atomic E-state index is 13.1. The van der Waals surface area contributed by atoms with E-state index in [-0.39, 0.29) is 23.5 Å². The first kappa shape index (κ1) is 27.3. The molecule has 6 nitrogen and oxygen atoms in total. The van der Waals surface area contributed by atoms with Gasteiger partial charge in [-0.2, -0.15) is 0 Å². The number of hydrogen-bond donors (Lipinski definition) is 2. The van der Waals surface area contributed by atoms with E-state index in [0.717, 1.165) is 54.9 Å². The number of amides is 2. The molecule has 0 bridgehead atoms. The van der Waals surface area contributed by atoms with Gasteiger partial charge in [-0.05, 0) is 84.9 Å². The zero-order valence-electron chi connectivity index (χ0n) is 22.1. The number of hydrogen-bond acceptors (Lipinski definition) is 4. The molecule has 0 spiro atoms. The third kappa shape index (κ3) is 7.65. The normalized spacial score (nSPS) is 15.0. The van der Waals surface area contributed by atoms with E-state index in [0.29, 0.717) is 24.6 Å². The second-order valence-electron chi connectivity index (χ2n) is 9.97. The third-order valence-electron chi connectivity index (χ3n) is 7.37. The number of nitrogens with zero attached hydrogens (tertiary/aromatic N) is 1. The van der Waals surface area contributed by atoms with Gasteiger partial charge in [0.1, 0.15) is 11.6 Å². The first-order valence-electron chi connectivity index (χ1n) is 13.2. The Bertz CT molecular complexity index is 1190. The summed E-state index contributed by atoms with van der Waals surface area (Å²) in [6, 6.07) is 21.6. The number of halogens is 1. The predicted molar refractivity (Wildman–Crippen MR) is 146 cm³/mol. The molecule has 1 unspecified atom stereocenters. The van der Waals surface area contributed by atoms with Crippen LogP contribution in [0.3, 0.4) is 0 Å². The zero-order chi connectivity index (χ0) is 26.9. The first-order valence-corrected chi connectivity index (χ1v) is 13.2. The van der Waals surface area contributed by atoms with Gasteiger partial charge in [0.25, 0.3) is 5.91 Å². The Morgan fingerprint density at radius 3 is 2.03 bits per heavy atom. The Morgan fingerprint density at radius 1 is 0.868 bits per heavy atom. The summed E-state index contributed by atoms with van der Waals surface area (Å²) < 4.78 is 18.3. The highest BCUT2D eigenvalue weighted by atomic mass is 19.1. The molecule has 200 valence electrons. The number of carbonyl (C=O) groups excluding carboxylic acids is 2.